The van der Waals surface area contributed by atoms with Gasteiger partial charge in [0.1, 0.15) is 11.8 Å². The molecule has 0 aromatic heterocycles. The van der Waals surface area contributed by atoms with Crippen molar-refractivity contribution in [2.45, 2.75) is 33.2 Å². The lowest BCUT2D eigenvalue weighted by atomic mass is 10.1. The van der Waals surface area contributed by atoms with Crippen molar-refractivity contribution in [3.63, 3.8) is 0 Å². The highest BCUT2D eigenvalue weighted by molar-refractivity contribution is 8.13. The number of nitrogens with zero attached hydrogens (tertiary/aromatic N) is 3. The first-order valence-electron chi connectivity index (χ1n) is 11.1. The second kappa shape index (κ2) is 13.2. The topological polar surface area (TPSA) is 99.3 Å². The van der Waals surface area contributed by atoms with Crippen LogP contribution in [0.15, 0.2) is 24.3 Å². The molecule has 0 radical (unpaired) electrons. The van der Waals surface area contributed by atoms with Crippen molar-refractivity contribution < 1.29 is 23.9 Å². The number of hydrogen-bond donors (Lipinski definition) is 1. The predicted molar refractivity (Wildman–Crippen MR) is 128 cm³/mol. The van der Waals surface area contributed by atoms with Gasteiger partial charge in [-0.15, -0.1) is 0 Å². The Morgan fingerprint density at radius 1 is 1.06 bits per heavy atom. The molecule has 1 aliphatic rings. The van der Waals surface area contributed by atoms with E-state index in [0.29, 0.717) is 44.1 Å². The molecule has 1 atom stereocenters. The summed E-state index contributed by atoms with van der Waals surface area (Å²) in [6.45, 7) is 8.29. The highest BCUT2D eigenvalue weighted by Crippen LogP contribution is 2.14. The standard InChI is InChI=1S/C23H34N4O5S/c1-17(22(30)26-13-11-25(4)12-14-26)24-23(31)27(15-16-33-19(3)29)10-9-20-5-7-21(8-6-20)32-18(2)28/h5-8,17H,9-16H2,1-4H3,(H,24,31)/t17-/m0/s1. The fourth-order valence-electron chi connectivity index (χ4n) is 3.41. The van der Waals surface area contributed by atoms with Crippen molar-refractivity contribution in [2.24, 2.45) is 0 Å². The number of ether oxygens (including phenoxy) is 1. The highest BCUT2D eigenvalue weighted by Gasteiger charge is 2.26. The first-order chi connectivity index (χ1) is 15.7. The van der Waals surface area contributed by atoms with Gasteiger partial charge in [-0.3, -0.25) is 14.4 Å². The van der Waals surface area contributed by atoms with Gasteiger partial charge in [0.05, 0.1) is 0 Å². The maximum atomic E-state index is 12.9. The molecule has 182 valence electrons. The molecule has 0 spiro atoms. The van der Waals surface area contributed by atoms with Crippen LogP contribution in [0, 0.1) is 0 Å². The Labute approximate surface area is 199 Å². The predicted octanol–water partition coefficient (Wildman–Crippen LogP) is 1.61. The van der Waals surface area contributed by atoms with E-state index in [1.165, 1.54) is 25.6 Å². The van der Waals surface area contributed by atoms with Gasteiger partial charge < -0.3 is 24.8 Å². The van der Waals surface area contributed by atoms with Gasteiger partial charge in [0.25, 0.3) is 0 Å². The largest absolute Gasteiger partial charge is 0.427 e. The molecule has 9 nitrogen and oxygen atoms in total. The number of rotatable bonds is 9. The Balaban J connectivity index is 1.94. The van der Waals surface area contributed by atoms with E-state index in [2.05, 4.69) is 10.2 Å². The lowest BCUT2D eigenvalue weighted by Gasteiger charge is -2.34. The highest BCUT2D eigenvalue weighted by atomic mass is 32.2. The summed E-state index contributed by atoms with van der Waals surface area (Å²) in [5, 5.41) is 2.82. The van der Waals surface area contributed by atoms with E-state index in [1.54, 1.807) is 28.9 Å². The summed E-state index contributed by atoms with van der Waals surface area (Å²) in [4.78, 5) is 53.6. The Morgan fingerprint density at radius 2 is 1.70 bits per heavy atom. The molecule has 1 aromatic carbocycles. The number of hydrogen-bond acceptors (Lipinski definition) is 7. The lowest BCUT2D eigenvalue weighted by Crippen LogP contribution is -2.55. The number of nitrogens with one attached hydrogen (secondary N) is 1. The summed E-state index contributed by atoms with van der Waals surface area (Å²) in [6.07, 6.45) is 0.583. The van der Waals surface area contributed by atoms with Crippen LogP contribution in [0.1, 0.15) is 26.3 Å². The molecule has 2 rings (SSSR count). The second-order valence-electron chi connectivity index (χ2n) is 8.11. The van der Waals surface area contributed by atoms with Gasteiger partial charge in [-0.05, 0) is 38.1 Å². The molecule has 10 heteroatoms. The van der Waals surface area contributed by atoms with Crippen molar-refractivity contribution >= 4 is 34.8 Å². The van der Waals surface area contributed by atoms with E-state index < -0.39 is 6.04 Å². The van der Waals surface area contributed by atoms with Gasteiger partial charge in [0, 0.05) is 58.9 Å². The number of carbonyl (C=O) groups is 4. The van der Waals surface area contributed by atoms with Crippen LogP contribution in [0.2, 0.25) is 0 Å². The van der Waals surface area contributed by atoms with Crippen LogP contribution in [-0.2, 0) is 20.8 Å². The van der Waals surface area contributed by atoms with Crippen molar-refractivity contribution in [3.8, 4) is 5.75 Å². The third-order valence-electron chi connectivity index (χ3n) is 5.33. The number of piperazine rings is 1. The molecule has 33 heavy (non-hydrogen) atoms. The van der Waals surface area contributed by atoms with Gasteiger partial charge in [-0.2, -0.15) is 0 Å². The summed E-state index contributed by atoms with van der Waals surface area (Å²) in [6, 6.07) is 6.15. The molecule has 1 aliphatic heterocycles. The van der Waals surface area contributed by atoms with Crippen molar-refractivity contribution in [1.82, 2.24) is 20.0 Å². The summed E-state index contributed by atoms with van der Waals surface area (Å²) < 4.78 is 5.04. The number of amides is 3. The van der Waals surface area contributed by atoms with E-state index in [9.17, 15) is 19.2 Å². The number of esters is 1. The average molecular weight is 479 g/mol. The van der Waals surface area contributed by atoms with Crippen LogP contribution < -0.4 is 10.1 Å². The normalized spacial score (nSPS) is 15.0. The maximum absolute atomic E-state index is 12.9. The third kappa shape index (κ3) is 9.43. The number of likely N-dealkylation sites (N-methyl/N-ethyl adjacent to an activating group) is 1. The molecule has 1 aromatic rings. The summed E-state index contributed by atoms with van der Waals surface area (Å²) in [5.41, 5.74) is 0.976. The smallest absolute Gasteiger partial charge is 0.318 e. The van der Waals surface area contributed by atoms with Crippen LogP contribution in [0.5, 0.6) is 5.75 Å². The van der Waals surface area contributed by atoms with E-state index in [-0.39, 0.29) is 23.0 Å². The summed E-state index contributed by atoms with van der Waals surface area (Å²) >= 11 is 1.17. The van der Waals surface area contributed by atoms with Crippen LogP contribution in [-0.4, -0.2) is 95.8 Å². The molecule has 1 N–H and O–H groups in total. The monoisotopic (exact) mass is 478 g/mol. The molecular formula is C23H34N4O5S. The van der Waals surface area contributed by atoms with Crippen molar-refractivity contribution in [2.75, 3.05) is 52.1 Å². The average Bonchev–Trinajstić information content (AvgIpc) is 2.76. The molecule has 1 saturated heterocycles. The quantitative estimate of drug-likeness (QED) is 0.425. The third-order valence-corrected chi connectivity index (χ3v) is 6.13. The van der Waals surface area contributed by atoms with Crippen LogP contribution >= 0.6 is 11.8 Å². The fraction of sp³-hybridized carbons (Fsp3) is 0.565. The minimum Gasteiger partial charge on any atom is -0.427 e. The number of benzene rings is 1. The van der Waals surface area contributed by atoms with Gasteiger partial charge in [0.15, 0.2) is 5.12 Å². The van der Waals surface area contributed by atoms with Gasteiger partial charge in [0.2, 0.25) is 5.91 Å². The molecule has 1 fully saturated rings. The number of thioether (sulfide) groups is 1. The van der Waals surface area contributed by atoms with Crippen molar-refractivity contribution in [1.29, 1.82) is 0 Å². The van der Waals surface area contributed by atoms with E-state index in [4.69, 9.17) is 4.74 Å². The Hall–Kier alpha value is -2.59. The summed E-state index contributed by atoms with van der Waals surface area (Å²) in [5.74, 6) is 0.480. The van der Waals surface area contributed by atoms with Gasteiger partial charge in [-0.25, -0.2) is 4.79 Å². The number of urea groups is 1. The molecule has 3 amide bonds. The van der Waals surface area contributed by atoms with E-state index in [1.807, 2.05) is 19.2 Å². The Kier molecular flexibility index (Phi) is 10.7. The molecule has 1 heterocycles. The maximum Gasteiger partial charge on any atom is 0.318 e. The lowest BCUT2D eigenvalue weighted by molar-refractivity contribution is -0.134. The van der Waals surface area contributed by atoms with E-state index in [0.717, 1.165) is 18.7 Å². The Morgan fingerprint density at radius 3 is 2.27 bits per heavy atom. The zero-order valence-corrected chi connectivity index (χ0v) is 20.7. The second-order valence-corrected chi connectivity index (χ2v) is 9.39. The minimum atomic E-state index is -0.633. The van der Waals surface area contributed by atoms with Crippen molar-refractivity contribution in [3.05, 3.63) is 29.8 Å². The summed E-state index contributed by atoms with van der Waals surface area (Å²) in [7, 11) is 2.02. The zero-order chi connectivity index (χ0) is 24.4. The first kappa shape index (κ1) is 26.7. The Bertz CT molecular complexity index is 825. The fourth-order valence-corrected chi connectivity index (χ4v) is 4.01. The van der Waals surface area contributed by atoms with Gasteiger partial charge >= 0.3 is 12.0 Å². The van der Waals surface area contributed by atoms with Crippen LogP contribution in [0.3, 0.4) is 0 Å². The van der Waals surface area contributed by atoms with E-state index >= 15 is 0 Å². The zero-order valence-electron chi connectivity index (χ0n) is 19.8. The molecule has 0 saturated carbocycles. The minimum absolute atomic E-state index is 0.00460. The molecule has 0 unspecified atom stereocenters. The molecule has 0 bridgehead atoms. The van der Waals surface area contributed by atoms with Gasteiger partial charge in [-0.1, -0.05) is 23.9 Å². The molecule has 0 aliphatic carbocycles. The number of carbonyl (C=O) groups excluding carboxylic acids is 4. The first-order valence-corrected chi connectivity index (χ1v) is 12.1. The molecular weight excluding hydrogens is 444 g/mol. The van der Waals surface area contributed by atoms with Crippen LogP contribution in [0.25, 0.3) is 0 Å². The van der Waals surface area contributed by atoms with Crippen LogP contribution in [0.4, 0.5) is 4.79 Å². The SMILES string of the molecule is CC(=O)Oc1ccc(CCN(CCSC(C)=O)C(=O)N[C@@H](C)C(=O)N2CCN(C)CC2)cc1.